The molecule has 2 aromatic rings. The average molecular weight is 325 g/mol. The molecule has 1 saturated heterocycles. The average Bonchev–Trinajstić information content (AvgIpc) is 3.02. The minimum Gasteiger partial charge on any atom is -0.497 e. The third-order valence-electron chi connectivity index (χ3n) is 3.96. The monoisotopic (exact) mass is 325 g/mol. The lowest BCUT2D eigenvalue weighted by Crippen LogP contribution is -2.23. The van der Waals surface area contributed by atoms with Gasteiger partial charge in [0.15, 0.2) is 0 Å². The van der Waals surface area contributed by atoms with Gasteiger partial charge in [-0.15, -0.1) is 0 Å². The summed E-state index contributed by atoms with van der Waals surface area (Å²) in [4.78, 5) is 25.5. The van der Waals surface area contributed by atoms with Gasteiger partial charge in [0.25, 0.3) is 0 Å². The van der Waals surface area contributed by atoms with Crippen LogP contribution in [0.1, 0.15) is 18.4 Å². The van der Waals surface area contributed by atoms with Gasteiger partial charge in [-0.05, 0) is 48.4 Å². The molecule has 1 fully saturated rings. The van der Waals surface area contributed by atoms with E-state index in [4.69, 9.17) is 9.47 Å². The van der Waals surface area contributed by atoms with Crippen molar-refractivity contribution < 1.29 is 19.1 Å². The molecule has 1 aliphatic rings. The molecule has 0 bridgehead atoms. The predicted octanol–water partition coefficient (Wildman–Crippen LogP) is 2.97. The van der Waals surface area contributed by atoms with Crippen molar-refractivity contribution in [2.75, 3.05) is 18.6 Å². The lowest BCUT2D eigenvalue weighted by atomic mass is 10.1. The number of esters is 1. The van der Waals surface area contributed by atoms with Gasteiger partial charge in [-0.3, -0.25) is 9.59 Å². The first-order chi connectivity index (χ1) is 11.7. The summed E-state index contributed by atoms with van der Waals surface area (Å²) in [6, 6.07) is 14.3. The molecule has 124 valence electrons. The van der Waals surface area contributed by atoms with Crippen LogP contribution in [-0.2, 0) is 16.0 Å². The number of amides is 1. The van der Waals surface area contributed by atoms with Gasteiger partial charge in [-0.1, -0.05) is 12.1 Å². The van der Waals surface area contributed by atoms with Gasteiger partial charge in [0.2, 0.25) is 5.91 Å². The maximum atomic E-state index is 12.0. The van der Waals surface area contributed by atoms with Gasteiger partial charge in [0.1, 0.15) is 11.5 Å². The number of methoxy groups -OCH3 is 1. The number of ether oxygens (including phenoxy) is 2. The van der Waals surface area contributed by atoms with E-state index in [1.165, 1.54) is 0 Å². The number of anilines is 1. The number of benzene rings is 2. The van der Waals surface area contributed by atoms with Crippen molar-refractivity contribution in [2.24, 2.45) is 0 Å². The molecule has 1 amide bonds. The third kappa shape index (κ3) is 3.74. The first-order valence-electron chi connectivity index (χ1n) is 7.90. The van der Waals surface area contributed by atoms with E-state index in [0.29, 0.717) is 12.2 Å². The molecule has 24 heavy (non-hydrogen) atoms. The van der Waals surface area contributed by atoms with Gasteiger partial charge in [0.05, 0.1) is 13.5 Å². The van der Waals surface area contributed by atoms with Crippen LogP contribution >= 0.6 is 0 Å². The Morgan fingerprint density at radius 3 is 2.29 bits per heavy atom. The van der Waals surface area contributed by atoms with Crippen LogP contribution in [0.15, 0.2) is 48.5 Å². The summed E-state index contributed by atoms with van der Waals surface area (Å²) in [6.45, 7) is 0.745. The van der Waals surface area contributed by atoms with Crippen LogP contribution in [0.3, 0.4) is 0 Å². The maximum absolute atomic E-state index is 12.0. The van der Waals surface area contributed by atoms with Crippen LogP contribution < -0.4 is 14.4 Å². The summed E-state index contributed by atoms with van der Waals surface area (Å²) in [5, 5.41) is 0. The molecular weight excluding hydrogens is 306 g/mol. The summed E-state index contributed by atoms with van der Waals surface area (Å²) < 4.78 is 10.4. The molecular formula is C19H19NO4. The Balaban J connectivity index is 1.58. The number of carbonyl (C=O) groups excluding carboxylic acids is 2. The highest BCUT2D eigenvalue weighted by Crippen LogP contribution is 2.24. The topological polar surface area (TPSA) is 55.8 Å². The molecule has 1 heterocycles. The first kappa shape index (κ1) is 16.1. The molecule has 0 spiro atoms. The van der Waals surface area contributed by atoms with Crippen LogP contribution in [0.4, 0.5) is 5.69 Å². The second-order valence-electron chi connectivity index (χ2n) is 5.64. The molecule has 0 aromatic heterocycles. The predicted molar refractivity (Wildman–Crippen MR) is 90.4 cm³/mol. The lowest BCUT2D eigenvalue weighted by molar-refractivity contribution is -0.133. The van der Waals surface area contributed by atoms with Crippen molar-refractivity contribution in [3.05, 3.63) is 54.1 Å². The van der Waals surface area contributed by atoms with E-state index in [1.54, 1.807) is 36.3 Å². The summed E-state index contributed by atoms with van der Waals surface area (Å²) in [5.74, 6) is 1.03. The molecule has 0 unspecified atom stereocenters. The van der Waals surface area contributed by atoms with Crippen molar-refractivity contribution in [2.45, 2.75) is 19.3 Å². The van der Waals surface area contributed by atoms with E-state index in [9.17, 15) is 9.59 Å². The SMILES string of the molecule is COc1ccc(CC(=O)Oc2ccc(N3CCCC3=O)cc2)cc1. The van der Waals surface area contributed by atoms with Gasteiger partial charge in [-0.25, -0.2) is 0 Å². The van der Waals surface area contributed by atoms with E-state index in [-0.39, 0.29) is 18.3 Å². The van der Waals surface area contributed by atoms with Crippen LogP contribution in [0.25, 0.3) is 0 Å². The van der Waals surface area contributed by atoms with Crippen LogP contribution in [-0.4, -0.2) is 25.5 Å². The minimum atomic E-state index is -0.329. The fourth-order valence-electron chi connectivity index (χ4n) is 2.69. The molecule has 0 saturated carbocycles. The zero-order valence-electron chi connectivity index (χ0n) is 13.5. The normalized spacial score (nSPS) is 13.9. The second kappa shape index (κ2) is 7.17. The van der Waals surface area contributed by atoms with Crippen molar-refractivity contribution in [1.82, 2.24) is 0 Å². The van der Waals surface area contributed by atoms with E-state index in [1.807, 2.05) is 24.3 Å². The summed E-state index contributed by atoms with van der Waals surface area (Å²) in [7, 11) is 1.60. The number of hydrogen-bond donors (Lipinski definition) is 0. The molecule has 5 heteroatoms. The molecule has 2 aromatic carbocycles. The third-order valence-corrected chi connectivity index (χ3v) is 3.96. The van der Waals surface area contributed by atoms with Gasteiger partial charge < -0.3 is 14.4 Å². The Morgan fingerprint density at radius 1 is 1.04 bits per heavy atom. The number of nitrogens with zero attached hydrogens (tertiary/aromatic N) is 1. The molecule has 0 radical (unpaired) electrons. The van der Waals surface area contributed by atoms with Gasteiger partial charge in [-0.2, -0.15) is 0 Å². The second-order valence-corrected chi connectivity index (χ2v) is 5.64. The van der Waals surface area contributed by atoms with Crippen molar-refractivity contribution in [3.63, 3.8) is 0 Å². The highest BCUT2D eigenvalue weighted by molar-refractivity contribution is 5.95. The first-order valence-corrected chi connectivity index (χ1v) is 7.90. The number of rotatable bonds is 5. The van der Waals surface area contributed by atoms with Crippen LogP contribution in [0.2, 0.25) is 0 Å². The highest BCUT2D eigenvalue weighted by atomic mass is 16.5. The van der Waals surface area contributed by atoms with Crippen molar-refractivity contribution in [1.29, 1.82) is 0 Å². The van der Waals surface area contributed by atoms with E-state index in [0.717, 1.165) is 30.0 Å². The maximum Gasteiger partial charge on any atom is 0.315 e. The molecule has 0 atom stereocenters. The fourth-order valence-corrected chi connectivity index (χ4v) is 2.69. The van der Waals surface area contributed by atoms with Crippen molar-refractivity contribution >= 4 is 17.6 Å². The summed E-state index contributed by atoms with van der Waals surface area (Å²) >= 11 is 0. The van der Waals surface area contributed by atoms with Gasteiger partial charge >= 0.3 is 5.97 Å². The minimum absolute atomic E-state index is 0.138. The smallest absolute Gasteiger partial charge is 0.315 e. The lowest BCUT2D eigenvalue weighted by Gasteiger charge is -2.15. The van der Waals surface area contributed by atoms with E-state index >= 15 is 0 Å². The Labute approximate surface area is 140 Å². The molecule has 0 aliphatic carbocycles. The largest absolute Gasteiger partial charge is 0.497 e. The standard InChI is InChI=1S/C19H19NO4/c1-23-16-8-4-14(5-9-16)13-19(22)24-17-10-6-15(7-11-17)20-12-2-3-18(20)21/h4-11H,2-3,12-13H2,1H3. The summed E-state index contributed by atoms with van der Waals surface area (Å²) in [5.41, 5.74) is 1.70. The quantitative estimate of drug-likeness (QED) is 0.626. The highest BCUT2D eigenvalue weighted by Gasteiger charge is 2.21. The Morgan fingerprint density at radius 2 is 1.71 bits per heavy atom. The van der Waals surface area contributed by atoms with Gasteiger partial charge in [0, 0.05) is 18.7 Å². The van der Waals surface area contributed by atoms with Crippen LogP contribution in [0.5, 0.6) is 11.5 Å². The zero-order valence-corrected chi connectivity index (χ0v) is 13.5. The number of hydrogen-bond acceptors (Lipinski definition) is 4. The Kier molecular flexibility index (Phi) is 4.79. The molecule has 0 N–H and O–H groups in total. The molecule has 1 aliphatic heterocycles. The molecule has 3 rings (SSSR count). The van der Waals surface area contributed by atoms with Crippen LogP contribution in [0, 0.1) is 0 Å². The Hall–Kier alpha value is -2.82. The Bertz CT molecular complexity index is 722. The molecule has 5 nitrogen and oxygen atoms in total. The zero-order chi connectivity index (χ0) is 16.9. The van der Waals surface area contributed by atoms with Crippen molar-refractivity contribution in [3.8, 4) is 11.5 Å². The van der Waals surface area contributed by atoms with E-state index < -0.39 is 0 Å². The summed E-state index contributed by atoms with van der Waals surface area (Å²) in [6.07, 6.45) is 1.67. The van der Waals surface area contributed by atoms with E-state index in [2.05, 4.69) is 0 Å². The fraction of sp³-hybridized carbons (Fsp3) is 0.263. The number of carbonyl (C=O) groups is 2.